The second-order valence-corrected chi connectivity index (χ2v) is 6.43. The number of hydrogen-bond donors (Lipinski definition) is 1. The van der Waals surface area contributed by atoms with Crippen LogP contribution in [0.2, 0.25) is 0 Å². The Morgan fingerprint density at radius 1 is 1.22 bits per heavy atom. The molecule has 0 saturated carbocycles. The highest BCUT2D eigenvalue weighted by atomic mass is 32.2. The first-order valence-corrected chi connectivity index (χ1v) is 7.78. The van der Waals surface area contributed by atoms with Gasteiger partial charge in [0.2, 0.25) is 0 Å². The van der Waals surface area contributed by atoms with Gasteiger partial charge in [0, 0.05) is 5.25 Å². The lowest BCUT2D eigenvalue weighted by atomic mass is 10.0. The van der Waals surface area contributed by atoms with Crippen molar-refractivity contribution in [3.8, 4) is 5.75 Å². The molecule has 18 heavy (non-hydrogen) atoms. The van der Waals surface area contributed by atoms with Gasteiger partial charge in [-0.1, -0.05) is 18.6 Å². The van der Waals surface area contributed by atoms with E-state index in [4.69, 9.17) is 4.74 Å². The average molecular weight is 266 g/mol. The first-order chi connectivity index (χ1) is 8.66. The molecular weight excluding hydrogens is 244 g/mol. The van der Waals surface area contributed by atoms with Crippen LogP contribution in [0.1, 0.15) is 44.8 Å². The Kier molecular flexibility index (Phi) is 4.95. The lowest BCUT2D eigenvalue weighted by molar-refractivity contribution is 0.168. The van der Waals surface area contributed by atoms with E-state index in [2.05, 4.69) is 0 Å². The van der Waals surface area contributed by atoms with Gasteiger partial charge in [0.25, 0.3) is 0 Å². The van der Waals surface area contributed by atoms with Crippen molar-refractivity contribution in [2.45, 2.75) is 50.6 Å². The molecular formula is C15H22O2S. The van der Waals surface area contributed by atoms with E-state index < -0.39 is 0 Å². The fourth-order valence-corrected chi connectivity index (χ4v) is 3.59. The van der Waals surface area contributed by atoms with Crippen LogP contribution in [0.25, 0.3) is 0 Å². The molecule has 1 saturated heterocycles. The highest BCUT2D eigenvalue weighted by Gasteiger charge is 2.23. The third-order valence-electron chi connectivity index (χ3n) is 3.16. The van der Waals surface area contributed by atoms with Gasteiger partial charge >= 0.3 is 0 Å². The lowest BCUT2D eigenvalue weighted by Crippen LogP contribution is -2.18. The number of rotatable bonds is 4. The van der Waals surface area contributed by atoms with Gasteiger partial charge in [0.15, 0.2) is 0 Å². The zero-order valence-corrected chi connectivity index (χ0v) is 12.0. The van der Waals surface area contributed by atoms with Crippen LogP contribution in [0.4, 0.5) is 0 Å². The predicted molar refractivity (Wildman–Crippen MR) is 77.3 cm³/mol. The van der Waals surface area contributed by atoms with E-state index in [-0.39, 0.29) is 12.2 Å². The minimum atomic E-state index is -0.344. The molecule has 0 bridgehead atoms. The standard InChI is InChI=1S/C15H22O2S/c1-11(2)17-13-8-6-12(7-9-13)15(16)14-5-3-4-10-18-14/h6-9,11,14-16H,3-5,10H2,1-2H3. The van der Waals surface area contributed by atoms with E-state index in [1.165, 1.54) is 18.6 Å². The Bertz CT molecular complexity index is 355. The summed E-state index contributed by atoms with van der Waals surface area (Å²) in [5.41, 5.74) is 1.01. The molecule has 1 aromatic rings. The van der Waals surface area contributed by atoms with Crippen molar-refractivity contribution >= 4 is 11.8 Å². The summed E-state index contributed by atoms with van der Waals surface area (Å²) in [6.45, 7) is 4.03. The molecule has 2 nitrogen and oxygen atoms in total. The Hall–Kier alpha value is -0.670. The van der Waals surface area contributed by atoms with E-state index in [1.54, 1.807) is 0 Å². The zero-order valence-electron chi connectivity index (χ0n) is 11.1. The highest BCUT2D eigenvalue weighted by Crippen LogP contribution is 2.35. The molecule has 0 aliphatic carbocycles. The first kappa shape index (κ1) is 13.8. The molecule has 0 radical (unpaired) electrons. The summed E-state index contributed by atoms with van der Waals surface area (Å²) in [5.74, 6) is 2.05. The lowest BCUT2D eigenvalue weighted by Gasteiger charge is -2.26. The van der Waals surface area contributed by atoms with Gasteiger partial charge in [-0.3, -0.25) is 0 Å². The van der Waals surface area contributed by atoms with Crippen LogP contribution in [0.15, 0.2) is 24.3 Å². The maximum Gasteiger partial charge on any atom is 0.119 e. The summed E-state index contributed by atoms with van der Waals surface area (Å²) in [7, 11) is 0. The summed E-state index contributed by atoms with van der Waals surface area (Å²) in [6.07, 6.45) is 3.49. The maximum absolute atomic E-state index is 10.4. The molecule has 0 aromatic heterocycles. The van der Waals surface area contributed by atoms with E-state index in [9.17, 15) is 5.11 Å². The molecule has 2 unspecified atom stereocenters. The Labute approximate surface area is 114 Å². The third-order valence-corrected chi connectivity index (χ3v) is 4.61. The molecule has 2 atom stereocenters. The molecule has 1 N–H and O–H groups in total. The third kappa shape index (κ3) is 3.66. The summed E-state index contributed by atoms with van der Waals surface area (Å²) < 4.78 is 5.61. The van der Waals surface area contributed by atoms with Crippen molar-refractivity contribution < 1.29 is 9.84 Å². The predicted octanol–water partition coefficient (Wildman–Crippen LogP) is 3.79. The smallest absolute Gasteiger partial charge is 0.119 e. The molecule has 1 aromatic carbocycles. The van der Waals surface area contributed by atoms with Gasteiger partial charge in [-0.05, 0) is 50.1 Å². The van der Waals surface area contributed by atoms with Gasteiger partial charge in [-0.25, -0.2) is 0 Å². The van der Waals surface area contributed by atoms with Gasteiger partial charge in [-0.2, -0.15) is 11.8 Å². The SMILES string of the molecule is CC(C)Oc1ccc(C(O)C2CCCCS2)cc1. The minimum absolute atomic E-state index is 0.190. The molecule has 100 valence electrons. The van der Waals surface area contributed by atoms with Crippen LogP contribution >= 0.6 is 11.8 Å². The number of hydrogen-bond acceptors (Lipinski definition) is 3. The number of thioether (sulfide) groups is 1. The second kappa shape index (κ2) is 6.48. The summed E-state index contributed by atoms with van der Waals surface area (Å²) in [6, 6.07) is 7.87. The van der Waals surface area contributed by atoms with E-state index in [0.29, 0.717) is 5.25 Å². The van der Waals surface area contributed by atoms with Gasteiger partial charge < -0.3 is 9.84 Å². The van der Waals surface area contributed by atoms with E-state index >= 15 is 0 Å². The summed E-state index contributed by atoms with van der Waals surface area (Å²) >= 11 is 1.90. The fourth-order valence-electron chi connectivity index (χ4n) is 2.25. The second-order valence-electron chi connectivity index (χ2n) is 5.09. The maximum atomic E-state index is 10.4. The van der Waals surface area contributed by atoms with Crippen LogP contribution in [-0.2, 0) is 0 Å². The Balaban J connectivity index is 1.99. The van der Waals surface area contributed by atoms with E-state index in [0.717, 1.165) is 17.7 Å². The van der Waals surface area contributed by atoms with Crippen LogP contribution in [0.5, 0.6) is 5.75 Å². The van der Waals surface area contributed by atoms with Gasteiger partial charge in [-0.15, -0.1) is 0 Å². The number of ether oxygens (including phenoxy) is 1. The van der Waals surface area contributed by atoms with Crippen molar-refractivity contribution in [1.29, 1.82) is 0 Å². The molecule has 2 rings (SSSR count). The monoisotopic (exact) mass is 266 g/mol. The van der Waals surface area contributed by atoms with Crippen molar-refractivity contribution in [2.24, 2.45) is 0 Å². The van der Waals surface area contributed by atoms with Crippen LogP contribution in [0.3, 0.4) is 0 Å². The first-order valence-electron chi connectivity index (χ1n) is 6.73. The summed E-state index contributed by atoms with van der Waals surface area (Å²) in [4.78, 5) is 0. The van der Waals surface area contributed by atoms with Crippen LogP contribution in [-0.4, -0.2) is 22.2 Å². The van der Waals surface area contributed by atoms with Crippen molar-refractivity contribution in [2.75, 3.05) is 5.75 Å². The molecule has 3 heteroatoms. The number of aliphatic hydroxyl groups is 1. The quantitative estimate of drug-likeness (QED) is 0.899. The topological polar surface area (TPSA) is 29.5 Å². The average Bonchev–Trinajstić information content (AvgIpc) is 2.39. The molecule has 1 fully saturated rings. The van der Waals surface area contributed by atoms with E-state index in [1.807, 2.05) is 49.9 Å². The molecule has 0 spiro atoms. The zero-order chi connectivity index (χ0) is 13.0. The summed E-state index contributed by atoms with van der Waals surface area (Å²) in [5, 5.41) is 10.7. The van der Waals surface area contributed by atoms with Gasteiger partial charge in [0.05, 0.1) is 12.2 Å². The van der Waals surface area contributed by atoms with Crippen molar-refractivity contribution in [3.63, 3.8) is 0 Å². The minimum Gasteiger partial charge on any atom is -0.491 e. The largest absolute Gasteiger partial charge is 0.491 e. The molecule has 1 heterocycles. The van der Waals surface area contributed by atoms with Crippen molar-refractivity contribution in [3.05, 3.63) is 29.8 Å². The number of aliphatic hydroxyl groups excluding tert-OH is 1. The van der Waals surface area contributed by atoms with Gasteiger partial charge in [0.1, 0.15) is 5.75 Å². The molecule has 0 amide bonds. The van der Waals surface area contributed by atoms with Crippen LogP contribution < -0.4 is 4.74 Å². The molecule has 1 aliphatic heterocycles. The molecule has 1 aliphatic rings. The normalized spacial score (nSPS) is 21.9. The Morgan fingerprint density at radius 3 is 2.50 bits per heavy atom. The van der Waals surface area contributed by atoms with Crippen molar-refractivity contribution in [1.82, 2.24) is 0 Å². The Morgan fingerprint density at radius 2 is 1.94 bits per heavy atom. The van der Waals surface area contributed by atoms with Crippen LogP contribution in [0, 0.1) is 0 Å². The highest BCUT2D eigenvalue weighted by molar-refractivity contribution is 7.99. The number of benzene rings is 1. The fraction of sp³-hybridized carbons (Fsp3) is 0.600.